The topological polar surface area (TPSA) is 35.6 Å². The molecule has 3 aromatic heterocycles. The summed E-state index contributed by atoms with van der Waals surface area (Å²) in [7, 11) is -1.23. The van der Waals surface area contributed by atoms with Crippen LogP contribution in [0.4, 0.5) is 0 Å². The number of imidazole rings is 1. The summed E-state index contributed by atoms with van der Waals surface area (Å²) in [5.41, 5.74) is 14.9. The maximum absolute atomic E-state index is 5.32. The number of hydrogen-bond acceptors (Lipinski definition) is 2. The predicted molar refractivity (Wildman–Crippen MR) is 265 cm³/mol. The van der Waals surface area contributed by atoms with E-state index in [1.807, 2.05) is 30.5 Å². The molecule has 0 atom stereocenters. The van der Waals surface area contributed by atoms with Crippen molar-refractivity contribution in [3.63, 3.8) is 0 Å². The zero-order chi connectivity index (χ0) is 43.0. The van der Waals surface area contributed by atoms with Crippen LogP contribution in [0.5, 0.6) is 0 Å². The van der Waals surface area contributed by atoms with Crippen molar-refractivity contribution < 1.29 is 20.1 Å². The number of rotatable bonds is 8. The third-order valence-electron chi connectivity index (χ3n) is 11.8. The third-order valence-corrected chi connectivity index (χ3v) is 13.8. The Morgan fingerprint density at radius 2 is 1.17 bits per heavy atom. The van der Waals surface area contributed by atoms with Crippen LogP contribution >= 0.6 is 0 Å². The van der Waals surface area contributed by atoms with E-state index in [2.05, 4.69) is 219 Å². The van der Waals surface area contributed by atoms with Crippen molar-refractivity contribution in [3.8, 4) is 45.1 Å². The summed E-state index contributed by atoms with van der Waals surface area (Å²) in [6.45, 7) is 16.2. The molecule has 0 bridgehead atoms. The molecule has 0 aliphatic rings. The number of hydrogen-bond donors (Lipinski definition) is 0. The van der Waals surface area contributed by atoms with E-state index in [1.54, 1.807) is 0 Å². The Morgan fingerprint density at radius 1 is 0.540 bits per heavy atom. The number of nitrogens with zero attached hydrogens (tertiary/aromatic N) is 4. The van der Waals surface area contributed by atoms with Crippen molar-refractivity contribution in [2.75, 3.05) is 0 Å². The Hall–Kier alpha value is -6.17. The summed E-state index contributed by atoms with van der Waals surface area (Å²) >= 11 is 0. The first-order valence-corrected chi connectivity index (χ1v) is 25.2. The van der Waals surface area contributed by atoms with Crippen LogP contribution in [0, 0.1) is 12.1 Å². The molecule has 10 aromatic rings. The van der Waals surface area contributed by atoms with E-state index in [-0.39, 0.29) is 20.1 Å². The van der Waals surface area contributed by atoms with Gasteiger partial charge in [0.1, 0.15) is 0 Å². The fraction of sp³-hybridized carbons (Fsp3) is 0.158. The van der Waals surface area contributed by atoms with Crippen LogP contribution < -0.4 is 5.19 Å². The first-order valence-electron chi connectivity index (χ1n) is 21.7. The second kappa shape index (κ2) is 18.3. The van der Waals surface area contributed by atoms with Gasteiger partial charge in [0.2, 0.25) is 0 Å². The molecule has 3 heterocycles. The van der Waals surface area contributed by atoms with Gasteiger partial charge >= 0.3 is 0 Å². The number of benzene rings is 7. The smallest absolute Gasteiger partial charge is 0.0795 e. The van der Waals surface area contributed by atoms with Gasteiger partial charge in [-0.25, -0.2) is 0 Å². The van der Waals surface area contributed by atoms with Gasteiger partial charge in [0, 0.05) is 43.2 Å². The van der Waals surface area contributed by atoms with Gasteiger partial charge in [-0.3, -0.25) is 4.98 Å². The summed E-state index contributed by atoms with van der Waals surface area (Å²) in [5.74, 6) is 1.52. The largest absolute Gasteiger partial charge is 0.351 e. The van der Waals surface area contributed by atoms with Crippen LogP contribution in [-0.4, -0.2) is 27.2 Å². The normalized spacial score (nSPS) is 11.6. The summed E-state index contributed by atoms with van der Waals surface area (Å²) in [5, 5.41) is 3.81. The Bertz CT molecular complexity index is 3110. The Kier molecular flexibility index (Phi) is 12.6. The zero-order valence-electron chi connectivity index (χ0n) is 37.0. The molecule has 6 heteroatoms. The number of aromatic nitrogens is 4. The molecule has 0 spiro atoms. The van der Waals surface area contributed by atoms with Crippen molar-refractivity contribution in [1.29, 1.82) is 0 Å². The van der Waals surface area contributed by atoms with E-state index in [4.69, 9.17) is 4.98 Å². The molecule has 0 N–H and O–H groups in total. The monoisotopic (exact) mass is 1010 g/mol. The average molecular weight is 1010 g/mol. The van der Waals surface area contributed by atoms with Crippen molar-refractivity contribution >= 4 is 46.1 Å². The molecule has 315 valence electrons. The van der Waals surface area contributed by atoms with Crippen molar-refractivity contribution in [3.05, 3.63) is 199 Å². The molecule has 0 unspecified atom stereocenters. The number of pyridine rings is 1. The molecule has 0 aliphatic heterocycles. The van der Waals surface area contributed by atoms with E-state index in [1.165, 1.54) is 49.4 Å². The minimum Gasteiger partial charge on any atom is -0.351 e. The van der Waals surface area contributed by atoms with E-state index >= 15 is 0 Å². The van der Waals surface area contributed by atoms with Crippen LogP contribution in [0.1, 0.15) is 50.7 Å². The second-order valence-electron chi connectivity index (χ2n) is 17.7. The SMILES string of the molecule is CC(C)c1cc(-c2ccccc2)cc(C(C)C)c1-n1c(-c2[c-]cc3c(c2)c2ccccc2n3-c2ccccc2)nc2ccccc21.C[Si](C)(C)c1ccc(-c2[c-]cccc2)nc1.[Ir]. The molecule has 10 rings (SSSR count). The molecule has 63 heavy (non-hydrogen) atoms. The van der Waals surface area contributed by atoms with E-state index in [9.17, 15) is 0 Å². The fourth-order valence-electron chi connectivity index (χ4n) is 8.49. The van der Waals surface area contributed by atoms with Gasteiger partial charge < -0.3 is 14.1 Å². The minimum atomic E-state index is -1.23. The first-order chi connectivity index (χ1) is 30.1. The van der Waals surface area contributed by atoms with Gasteiger partial charge in [-0.2, -0.15) is 0 Å². The second-order valence-corrected chi connectivity index (χ2v) is 22.8. The quantitative estimate of drug-likeness (QED) is 0.112. The minimum absolute atomic E-state index is 0. The Balaban J connectivity index is 0.000000271. The van der Waals surface area contributed by atoms with Gasteiger partial charge in [0.15, 0.2) is 0 Å². The van der Waals surface area contributed by atoms with Gasteiger partial charge in [0.25, 0.3) is 0 Å². The maximum Gasteiger partial charge on any atom is 0.0795 e. The van der Waals surface area contributed by atoms with Crippen LogP contribution in [-0.2, 0) is 20.1 Å². The van der Waals surface area contributed by atoms with Crippen molar-refractivity contribution in [2.24, 2.45) is 0 Å². The average Bonchev–Trinajstić information content (AvgIpc) is 3.85. The standard InChI is InChI=1S/C43H36N3.C14H16NSi.Ir/c1-28(2)35-26-32(30-15-7-5-8-16-30)27-36(29(3)4)42(35)46-41-22-14-12-20-38(41)44-43(46)31-23-24-40-37(25-31)34-19-11-13-21-39(34)45(40)33-17-9-6-10-18-33;1-16(2,3)13-9-10-14(15-11-13)12-7-5-4-6-8-12;/h5-22,24-29H,1-4H3;4-7,9-11H,1-3H3;/q2*-1;. The summed E-state index contributed by atoms with van der Waals surface area (Å²) in [6, 6.07) is 66.9. The van der Waals surface area contributed by atoms with Crippen LogP contribution in [0.2, 0.25) is 19.6 Å². The van der Waals surface area contributed by atoms with Crippen molar-refractivity contribution in [2.45, 2.75) is 59.2 Å². The zero-order valence-corrected chi connectivity index (χ0v) is 40.4. The molecule has 4 nitrogen and oxygen atoms in total. The van der Waals surface area contributed by atoms with Crippen LogP contribution in [0.3, 0.4) is 0 Å². The molecule has 1 radical (unpaired) electrons. The van der Waals surface area contributed by atoms with E-state index < -0.39 is 8.07 Å². The van der Waals surface area contributed by atoms with Gasteiger partial charge in [-0.1, -0.05) is 144 Å². The summed E-state index contributed by atoms with van der Waals surface area (Å²) < 4.78 is 4.74. The fourth-order valence-corrected chi connectivity index (χ4v) is 9.53. The predicted octanol–water partition coefficient (Wildman–Crippen LogP) is 14.6. The van der Waals surface area contributed by atoms with E-state index in [0.29, 0.717) is 11.8 Å². The van der Waals surface area contributed by atoms with Crippen LogP contribution in [0.25, 0.3) is 78.0 Å². The van der Waals surface area contributed by atoms with Gasteiger partial charge in [0.05, 0.1) is 24.9 Å². The molecule has 0 amide bonds. The molecular formula is C57H52IrN4Si-2. The van der Waals surface area contributed by atoms with Crippen LogP contribution in [0.15, 0.2) is 176 Å². The molecule has 0 fully saturated rings. The molecule has 7 aromatic carbocycles. The Morgan fingerprint density at radius 3 is 1.81 bits per heavy atom. The molecule has 0 saturated heterocycles. The molecule has 0 aliphatic carbocycles. The summed E-state index contributed by atoms with van der Waals surface area (Å²) in [6.07, 6.45) is 2.02. The molecule has 0 saturated carbocycles. The summed E-state index contributed by atoms with van der Waals surface area (Å²) in [4.78, 5) is 9.84. The molecular weight excluding hydrogens is 961 g/mol. The van der Waals surface area contributed by atoms with E-state index in [0.717, 1.165) is 44.9 Å². The number of para-hydroxylation sites is 4. The first kappa shape index (κ1) is 43.5. The number of fused-ring (bicyclic) bond motifs is 4. The Labute approximate surface area is 386 Å². The van der Waals surface area contributed by atoms with Gasteiger partial charge in [-0.15, -0.1) is 59.7 Å². The van der Waals surface area contributed by atoms with Gasteiger partial charge in [-0.05, 0) is 98.3 Å². The maximum atomic E-state index is 5.32. The van der Waals surface area contributed by atoms with Crippen molar-refractivity contribution in [1.82, 2.24) is 19.1 Å². The third kappa shape index (κ3) is 8.64.